The van der Waals surface area contributed by atoms with Crippen LogP contribution in [0.1, 0.15) is 16.7 Å². The van der Waals surface area contributed by atoms with E-state index in [1.165, 1.54) is 16.0 Å². The summed E-state index contributed by atoms with van der Waals surface area (Å²) in [4.78, 5) is 1.25. The van der Waals surface area contributed by atoms with Gasteiger partial charge in [-0.15, -0.1) is 11.8 Å². The summed E-state index contributed by atoms with van der Waals surface area (Å²) in [5.74, 6) is 0.857. The quantitative estimate of drug-likeness (QED) is 0.173. The van der Waals surface area contributed by atoms with E-state index in [-0.39, 0.29) is 0 Å². The number of thioether (sulfide) groups is 1. The van der Waals surface area contributed by atoms with Crippen LogP contribution < -0.4 is 5.32 Å². The minimum absolute atomic E-state index is 0.669. The molecule has 0 bridgehead atoms. The Hall–Kier alpha value is -4.28. The Bertz CT molecular complexity index is 1580. The van der Waals surface area contributed by atoms with Crippen LogP contribution in [0.25, 0.3) is 22.0 Å². The Labute approximate surface area is 228 Å². The van der Waals surface area contributed by atoms with Crippen molar-refractivity contribution in [1.29, 1.82) is 0 Å². The van der Waals surface area contributed by atoms with E-state index in [1.54, 1.807) is 11.8 Å². The number of hydrogen-bond donors (Lipinski definition) is 1. The molecule has 1 N–H and O–H groups in total. The van der Waals surface area contributed by atoms with E-state index in [0.717, 1.165) is 33.4 Å². The van der Waals surface area contributed by atoms with Gasteiger partial charge in [0.25, 0.3) is 0 Å². The van der Waals surface area contributed by atoms with E-state index in [2.05, 4.69) is 150 Å². The average Bonchev–Trinajstić information content (AvgIpc) is 3.37. The SMILES string of the molecule is CNc1nn(C(c2ccccc2)(c2ccccc2)c2ccccc2)c2ccc(-c3cccc(SC)c3)cc12. The molecule has 0 aliphatic rings. The lowest BCUT2D eigenvalue weighted by atomic mass is 9.77. The van der Waals surface area contributed by atoms with E-state index < -0.39 is 5.54 Å². The molecule has 6 aromatic rings. The molecule has 0 aliphatic carbocycles. The Morgan fingerprint density at radius 2 is 1.18 bits per heavy atom. The lowest BCUT2D eigenvalue weighted by molar-refractivity contribution is 0.477. The Kier molecular flexibility index (Phi) is 6.48. The molecule has 0 amide bonds. The smallest absolute Gasteiger partial charge is 0.155 e. The van der Waals surface area contributed by atoms with Gasteiger partial charge in [0.15, 0.2) is 5.82 Å². The second-order valence-corrected chi connectivity index (χ2v) is 10.2. The van der Waals surface area contributed by atoms with Crippen molar-refractivity contribution in [2.75, 3.05) is 18.6 Å². The van der Waals surface area contributed by atoms with Crippen LogP contribution in [0.2, 0.25) is 0 Å². The lowest BCUT2D eigenvalue weighted by Gasteiger charge is -2.37. The molecule has 6 rings (SSSR count). The Morgan fingerprint density at radius 3 is 1.71 bits per heavy atom. The topological polar surface area (TPSA) is 29.9 Å². The maximum atomic E-state index is 5.28. The number of aromatic nitrogens is 2. The molecule has 0 spiro atoms. The van der Waals surface area contributed by atoms with Gasteiger partial charge in [-0.25, -0.2) is 4.68 Å². The summed E-state index contributed by atoms with van der Waals surface area (Å²) in [5, 5.41) is 9.75. The number of benzene rings is 5. The van der Waals surface area contributed by atoms with Gasteiger partial charge in [-0.05, 0) is 58.3 Å². The maximum absolute atomic E-state index is 5.28. The predicted molar refractivity (Wildman–Crippen MR) is 161 cm³/mol. The Balaban J connectivity index is 1.69. The Morgan fingerprint density at radius 1 is 0.632 bits per heavy atom. The van der Waals surface area contributed by atoms with Crippen molar-refractivity contribution in [2.24, 2.45) is 0 Å². The lowest BCUT2D eigenvalue weighted by Crippen LogP contribution is -2.38. The zero-order valence-electron chi connectivity index (χ0n) is 21.5. The molecule has 1 heterocycles. The molecule has 1 aromatic heterocycles. The highest BCUT2D eigenvalue weighted by Gasteiger charge is 2.40. The van der Waals surface area contributed by atoms with Crippen LogP contribution in [-0.2, 0) is 5.54 Å². The van der Waals surface area contributed by atoms with Gasteiger partial charge in [0, 0.05) is 17.3 Å². The average molecular weight is 512 g/mol. The third-order valence-corrected chi connectivity index (χ3v) is 7.94. The van der Waals surface area contributed by atoms with E-state index >= 15 is 0 Å². The van der Waals surface area contributed by atoms with Gasteiger partial charge in [-0.2, -0.15) is 5.10 Å². The van der Waals surface area contributed by atoms with Crippen molar-refractivity contribution in [3.05, 3.63) is 150 Å². The van der Waals surface area contributed by atoms with Crippen molar-refractivity contribution in [1.82, 2.24) is 9.78 Å². The van der Waals surface area contributed by atoms with Crippen LogP contribution in [0.3, 0.4) is 0 Å². The van der Waals surface area contributed by atoms with Crippen molar-refractivity contribution in [2.45, 2.75) is 10.4 Å². The van der Waals surface area contributed by atoms with Crippen LogP contribution in [0.15, 0.2) is 138 Å². The first kappa shape index (κ1) is 24.1. The molecule has 186 valence electrons. The highest BCUT2D eigenvalue weighted by molar-refractivity contribution is 7.98. The van der Waals surface area contributed by atoms with Gasteiger partial charge in [0.1, 0.15) is 5.54 Å². The van der Waals surface area contributed by atoms with E-state index in [4.69, 9.17) is 5.10 Å². The number of nitrogens with zero attached hydrogens (tertiary/aromatic N) is 2. The number of rotatable bonds is 7. The van der Waals surface area contributed by atoms with Crippen molar-refractivity contribution < 1.29 is 0 Å². The summed E-state index contributed by atoms with van der Waals surface area (Å²) in [6, 6.07) is 47.5. The van der Waals surface area contributed by atoms with Gasteiger partial charge in [0.05, 0.1) is 5.52 Å². The standard InChI is InChI=1S/C34H29N3S/c1-35-33-31-24-26(25-13-12-20-30(23-25)38-2)21-22-32(31)37(36-33)34(27-14-6-3-7-15-27,28-16-8-4-9-17-28)29-18-10-5-11-19-29/h3-24H,1-2H3,(H,35,36). The van der Waals surface area contributed by atoms with Crippen LogP contribution in [0.4, 0.5) is 5.82 Å². The molecule has 38 heavy (non-hydrogen) atoms. The number of hydrogen-bond acceptors (Lipinski definition) is 3. The van der Waals surface area contributed by atoms with E-state index in [0.29, 0.717) is 0 Å². The zero-order chi connectivity index (χ0) is 26.0. The van der Waals surface area contributed by atoms with Gasteiger partial charge >= 0.3 is 0 Å². The van der Waals surface area contributed by atoms with Crippen molar-refractivity contribution in [3.63, 3.8) is 0 Å². The molecular formula is C34H29N3S. The van der Waals surface area contributed by atoms with Crippen LogP contribution in [-0.4, -0.2) is 23.1 Å². The molecule has 5 aromatic carbocycles. The van der Waals surface area contributed by atoms with Gasteiger partial charge < -0.3 is 5.32 Å². The normalized spacial score (nSPS) is 11.5. The highest BCUT2D eigenvalue weighted by atomic mass is 32.2. The highest BCUT2D eigenvalue weighted by Crippen LogP contribution is 2.44. The fourth-order valence-electron chi connectivity index (χ4n) is 5.45. The van der Waals surface area contributed by atoms with E-state index in [9.17, 15) is 0 Å². The van der Waals surface area contributed by atoms with Crippen molar-refractivity contribution in [3.8, 4) is 11.1 Å². The van der Waals surface area contributed by atoms with Crippen molar-refractivity contribution >= 4 is 28.5 Å². The maximum Gasteiger partial charge on any atom is 0.155 e. The minimum atomic E-state index is -0.669. The molecule has 0 fully saturated rings. The van der Waals surface area contributed by atoms with Crippen LogP contribution >= 0.6 is 11.8 Å². The second-order valence-electron chi connectivity index (χ2n) is 9.28. The fourth-order valence-corrected chi connectivity index (χ4v) is 5.91. The number of fused-ring (bicyclic) bond motifs is 1. The number of nitrogens with one attached hydrogen (secondary N) is 1. The second kappa shape index (κ2) is 10.2. The molecule has 4 heteroatoms. The zero-order valence-corrected chi connectivity index (χ0v) is 22.3. The third kappa shape index (κ3) is 3.98. The minimum Gasteiger partial charge on any atom is -0.371 e. The van der Waals surface area contributed by atoms with Gasteiger partial charge in [0.2, 0.25) is 0 Å². The first-order valence-corrected chi connectivity index (χ1v) is 14.0. The third-order valence-electron chi connectivity index (χ3n) is 7.21. The molecular weight excluding hydrogens is 482 g/mol. The summed E-state index contributed by atoms with van der Waals surface area (Å²) in [7, 11) is 1.95. The van der Waals surface area contributed by atoms with E-state index in [1.807, 2.05) is 7.05 Å². The summed E-state index contributed by atoms with van der Waals surface area (Å²) in [6.45, 7) is 0. The van der Waals surface area contributed by atoms with Crippen LogP contribution in [0, 0.1) is 0 Å². The van der Waals surface area contributed by atoms with Crippen LogP contribution in [0.5, 0.6) is 0 Å². The first-order valence-electron chi connectivity index (χ1n) is 12.8. The van der Waals surface area contributed by atoms with Gasteiger partial charge in [-0.1, -0.05) is 109 Å². The molecule has 0 saturated carbocycles. The molecule has 0 atom stereocenters. The summed E-state index contributed by atoms with van der Waals surface area (Å²) in [5.41, 5.74) is 6.24. The largest absolute Gasteiger partial charge is 0.371 e. The summed E-state index contributed by atoms with van der Waals surface area (Å²) >= 11 is 1.76. The first-order chi connectivity index (χ1) is 18.8. The molecule has 0 saturated heterocycles. The predicted octanol–water partition coefficient (Wildman–Crippen LogP) is 8.31. The molecule has 0 radical (unpaired) electrons. The summed E-state index contributed by atoms with van der Waals surface area (Å²) in [6.07, 6.45) is 2.11. The molecule has 0 aliphatic heterocycles. The molecule has 3 nitrogen and oxygen atoms in total. The number of anilines is 1. The summed E-state index contributed by atoms with van der Waals surface area (Å²) < 4.78 is 2.20. The monoisotopic (exact) mass is 511 g/mol. The van der Waals surface area contributed by atoms with Gasteiger partial charge in [-0.3, -0.25) is 0 Å². The molecule has 0 unspecified atom stereocenters. The fraction of sp³-hybridized carbons (Fsp3) is 0.0882.